The molecule has 0 aliphatic heterocycles. The van der Waals surface area contributed by atoms with Gasteiger partial charge in [-0.15, -0.1) is 0 Å². The van der Waals surface area contributed by atoms with Gasteiger partial charge in [0.1, 0.15) is 0 Å². The number of benzene rings is 3. The fourth-order valence-corrected chi connectivity index (χ4v) is 4.99. The first kappa shape index (κ1) is 30.4. The molecule has 0 aliphatic carbocycles. The topological polar surface area (TPSA) is 126 Å². The van der Waals surface area contributed by atoms with E-state index >= 15 is 0 Å². The quantitative estimate of drug-likeness (QED) is 0.0577. The number of nitrogens with zero attached hydrogens (tertiary/aromatic N) is 2. The molecule has 0 radical (unpaired) electrons. The Morgan fingerprint density at radius 2 is 1.38 bits per heavy atom. The van der Waals surface area contributed by atoms with Crippen molar-refractivity contribution in [3.05, 3.63) is 88.0 Å². The van der Waals surface area contributed by atoms with E-state index in [0.29, 0.717) is 29.7 Å². The van der Waals surface area contributed by atoms with Crippen molar-refractivity contribution in [1.29, 1.82) is 0 Å². The van der Waals surface area contributed by atoms with E-state index in [1.54, 1.807) is 0 Å². The number of non-ortho nitro benzene ring substituents is 1. The number of nitro groups is 1. The molecule has 0 saturated carbocycles. The van der Waals surface area contributed by atoms with Crippen molar-refractivity contribution >= 4 is 45.0 Å². The molecule has 0 bridgehead atoms. The number of aromatic nitrogens is 1. The van der Waals surface area contributed by atoms with Gasteiger partial charge in [0.25, 0.3) is 17.5 Å². The van der Waals surface area contributed by atoms with E-state index in [0.717, 1.165) is 73.5 Å². The normalized spacial score (nSPS) is 11.0. The standard InChI is InChI=1S/C33H39N5O4/c1-2-3-4-9-23-36-33(40)28-15-12-14-27-30(26-13-7-8-16-29(26)37-31(27)28)34-21-10-5-6-11-22-35-32(39)24-17-19-25(20-18-24)38(41)42/h7-8,12-20H,2-6,9-11,21-23H2,1H3,(H,34,37)(H,35,39)(H,36,40). The van der Waals surface area contributed by atoms with Gasteiger partial charge in [-0.25, -0.2) is 4.98 Å². The number of para-hydroxylation sites is 2. The molecule has 3 N–H and O–H groups in total. The van der Waals surface area contributed by atoms with Crippen LogP contribution in [0.2, 0.25) is 0 Å². The number of nitro benzene ring substituents is 1. The van der Waals surface area contributed by atoms with Crippen molar-refractivity contribution in [2.24, 2.45) is 0 Å². The fourth-order valence-electron chi connectivity index (χ4n) is 4.99. The molecule has 1 aromatic heterocycles. The average Bonchev–Trinajstić information content (AvgIpc) is 3.01. The van der Waals surface area contributed by atoms with E-state index in [-0.39, 0.29) is 17.5 Å². The molecular weight excluding hydrogens is 530 g/mol. The zero-order valence-corrected chi connectivity index (χ0v) is 24.2. The summed E-state index contributed by atoms with van der Waals surface area (Å²) in [6.07, 6.45) is 8.17. The molecule has 4 aromatic rings. The summed E-state index contributed by atoms with van der Waals surface area (Å²) in [5, 5.41) is 22.3. The number of fused-ring (bicyclic) bond motifs is 2. The third-order valence-corrected chi connectivity index (χ3v) is 7.30. The van der Waals surface area contributed by atoms with Crippen LogP contribution in [-0.4, -0.2) is 41.4 Å². The lowest BCUT2D eigenvalue weighted by Crippen LogP contribution is -2.24. The van der Waals surface area contributed by atoms with Crippen LogP contribution in [-0.2, 0) is 0 Å². The first-order valence-corrected chi connectivity index (χ1v) is 14.9. The second-order valence-electron chi connectivity index (χ2n) is 10.4. The van der Waals surface area contributed by atoms with Crippen LogP contribution in [0, 0.1) is 10.1 Å². The number of carbonyl (C=O) groups excluding carboxylic acids is 2. The number of hydrogen-bond acceptors (Lipinski definition) is 6. The second kappa shape index (κ2) is 15.5. The molecule has 220 valence electrons. The molecule has 9 heteroatoms. The number of unbranched alkanes of at least 4 members (excludes halogenated alkanes) is 6. The van der Waals surface area contributed by atoms with Crippen LogP contribution in [0.1, 0.15) is 79.0 Å². The van der Waals surface area contributed by atoms with Crippen LogP contribution in [0.25, 0.3) is 21.8 Å². The lowest BCUT2D eigenvalue weighted by atomic mass is 10.0. The molecule has 0 spiro atoms. The highest BCUT2D eigenvalue weighted by atomic mass is 16.6. The minimum Gasteiger partial charge on any atom is -0.384 e. The summed E-state index contributed by atoms with van der Waals surface area (Å²) < 4.78 is 0. The molecular formula is C33H39N5O4. The minimum atomic E-state index is -0.483. The third-order valence-electron chi connectivity index (χ3n) is 7.30. The van der Waals surface area contributed by atoms with Gasteiger partial charge in [-0.2, -0.15) is 0 Å². The summed E-state index contributed by atoms with van der Waals surface area (Å²) in [5.74, 6) is -0.320. The zero-order valence-electron chi connectivity index (χ0n) is 24.2. The van der Waals surface area contributed by atoms with Crippen molar-refractivity contribution in [2.45, 2.75) is 58.3 Å². The van der Waals surface area contributed by atoms with Crippen LogP contribution < -0.4 is 16.0 Å². The van der Waals surface area contributed by atoms with Crippen LogP contribution >= 0.6 is 0 Å². The Labute approximate surface area is 246 Å². The number of pyridine rings is 1. The number of hydrogen-bond donors (Lipinski definition) is 3. The van der Waals surface area contributed by atoms with Crippen molar-refractivity contribution in [1.82, 2.24) is 15.6 Å². The number of rotatable bonds is 16. The van der Waals surface area contributed by atoms with E-state index in [1.807, 2.05) is 36.4 Å². The van der Waals surface area contributed by atoms with E-state index in [1.165, 1.54) is 30.7 Å². The highest BCUT2D eigenvalue weighted by molar-refractivity contribution is 6.14. The van der Waals surface area contributed by atoms with E-state index < -0.39 is 4.92 Å². The maximum Gasteiger partial charge on any atom is 0.269 e. The SMILES string of the molecule is CCCCCCNC(=O)c1cccc2c(NCCCCCCNC(=O)c3ccc([N+](=O)[O-])cc3)c3ccccc3nc12. The van der Waals surface area contributed by atoms with Gasteiger partial charge in [0.15, 0.2) is 0 Å². The molecule has 9 nitrogen and oxygen atoms in total. The van der Waals surface area contributed by atoms with Crippen molar-refractivity contribution in [3.63, 3.8) is 0 Å². The predicted octanol–water partition coefficient (Wildman–Crippen LogP) is 7.01. The summed E-state index contributed by atoms with van der Waals surface area (Å²) in [7, 11) is 0. The first-order chi connectivity index (χ1) is 20.5. The van der Waals surface area contributed by atoms with Crippen LogP contribution in [0.4, 0.5) is 11.4 Å². The lowest BCUT2D eigenvalue weighted by Gasteiger charge is -2.15. The Bertz CT molecular complexity index is 1520. The Hall–Kier alpha value is -4.53. The largest absolute Gasteiger partial charge is 0.384 e. The molecule has 0 aliphatic rings. The number of nitrogens with one attached hydrogen (secondary N) is 3. The van der Waals surface area contributed by atoms with Gasteiger partial charge in [0.05, 0.1) is 27.2 Å². The van der Waals surface area contributed by atoms with Gasteiger partial charge in [0.2, 0.25) is 0 Å². The smallest absolute Gasteiger partial charge is 0.269 e. The number of amides is 2. The van der Waals surface area contributed by atoms with Crippen molar-refractivity contribution in [2.75, 3.05) is 25.0 Å². The van der Waals surface area contributed by atoms with Gasteiger partial charge < -0.3 is 16.0 Å². The zero-order chi connectivity index (χ0) is 29.7. The average molecular weight is 570 g/mol. The molecule has 3 aromatic carbocycles. The van der Waals surface area contributed by atoms with Crippen LogP contribution in [0.3, 0.4) is 0 Å². The summed E-state index contributed by atoms with van der Waals surface area (Å²) in [6.45, 7) is 4.15. The number of carbonyl (C=O) groups is 2. The predicted molar refractivity (Wildman–Crippen MR) is 168 cm³/mol. The Morgan fingerprint density at radius 1 is 0.738 bits per heavy atom. The first-order valence-electron chi connectivity index (χ1n) is 14.9. The van der Waals surface area contributed by atoms with E-state index in [4.69, 9.17) is 4.98 Å². The highest BCUT2D eigenvalue weighted by Gasteiger charge is 2.16. The molecule has 0 atom stereocenters. The molecule has 2 amide bonds. The number of anilines is 1. The highest BCUT2D eigenvalue weighted by Crippen LogP contribution is 2.32. The van der Waals surface area contributed by atoms with Crippen molar-refractivity contribution < 1.29 is 14.5 Å². The second-order valence-corrected chi connectivity index (χ2v) is 10.4. The summed E-state index contributed by atoms with van der Waals surface area (Å²) in [5.41, 5.74) is 3.50. The summed E-state index contributed by atoms with van der Waals surface area (Å²) >= 11 is 0. The molecule has 0 saturated heterocycles. The maximum atomic E-state index is 13.1. The van der Waals surface area contributed by atoms with Gasteiger partial charge >= 0.3 is 0 Å². The minimum absolute atomic E-state index is 0.0352. The Balaban J connectivity index is 1.30. The van der Waals surface area contributed by atoms with Gasteiger partial charge in [-0.05, 0) is 43.5 Å². The maximum absolute atomic E-state index is 13.1. The van der Waals surface area contributed by atoms with Gasteiger partial charge in [-0.1, -0.05) is 69.4 Å². The lowest BCUT2D eigenvalue weighted by molar-refractivity contribution is -0.384. The molecule has 0 unspecified atom stereocenters. The van der Waals surface area contributed by atoms with Crippen LogP contribution in [0.5, 0.6) is 0 Å². The molecule has 0 fully saturated rings. The Morgan fingerprint density at radius 3 is 2.10 bits per heavy atom. The fraction of sp³-hybridized carbons (Fsp3) is 0.364. The van der Waals surface area contributed by atoms with E-state index in [2.05, 4.69) is 28.9 Å². The molecule has 4 rings (SSSR count). The van der Waals surface area contributed by atoms with E-state index in [9.17, 15) is 19.7 Å². The third kappa shape index (κ3) is 8.02. The monoisotopic (exact) mass is 569 g/mol. The summed E-state index contributed by atoms with van der Waals surface area (Å²) in [6, 6.07) is 19.4. The molecule has 42 heavy (non-hydrogen) atoms. The van der Waals surface area contributed by atoms with Gasteiger partial charge in [-0.3, -0.25) is 19.7 Å². The van der Waals surface area contributed by atoms with Crippen LogP contribution in [0.15, 0.2) is 66.7 Å². The van der Waals surface area contributed by atoms with Gasteiger partial charge in [0, 0.05) is 48.1 Å². The molecule has 1 heterocycles. The Kier molecular flexibility index (Phi) is 11.2. The summed E-state index contributed by atoms with van der Waals surface area (Å²) in [4.78, 5) is 40.5. The van der Waals surface area contributed by atoms with Crippen molar-refractivity contribution in [3.8, 4) is 0 Å².